The maximum Gasteiger partial charge on any atom is 0.303 e. The van der Waals surface area contributed by atoms with Crippen molar-refractivity contribution in [1.82, 2.24) is 0 Å². The SMILES string of the molecule is COc1c(O[C@H]2OC[C@H](O)[C@@H](O)[C@@H]2OC(C)=O)c(C)cc2c1[C@@H](C)CC[C@@H]2[C@@H](C)CCC=C(C)C. The zero-order valence-electron chi connectivity index (χ0n) is 22.2. The van der Waals surface area contributed by atoms with Crippen LogP contribution < -0.4 is 9.47 Å². The topological polar surface area (TPSA) is 94.5 Å². The molecular formula is C28H42O7. The number of esters is 1. The summed E-state index contributed by atoms with van der Waals surface area (Å²) in [6.07, 6.45) is 2.00. The van der Waals surface area contributed by atoms with Gasteiger partial charge in [-0.15, -0.1) is 0 Å². The second-order valence-electron chi connectivity index (χ2n) is 10.4. The first-order valence-electron chi connectivity index (χ1n) is 12.7. The minimum absolute atomic E-state index is 0.127. The molecule has 7 heteroatoms. The Balaban J connectivity index is 1.95. The number of hydrogen-bond acceptors (Lipinski definition) is 7. The Hall–Kier alpha value is -2.09. The molecule has 0 aromatic heterocycles. The number of allylic oxidation sites excluding steroid dienone is 2. The third kappa shape index (κ3) is 6.19. The van der Waals surface area contributed by atoms with Crippen molar-refractivity contribution >= 4 is 5.97 Å². The molecule has 7 nitrogen and oxygen atoms in total. The van der Waals surface area contributed by atoms with Crippen molar-refractivity contribution in [1.29, 1.82) is 0 Å². The molecule has 0 radical (unpaired) electrons. The molecule has 196 valence electrons. The number of benzene rings is 1. The Morgan fingerprint density at radius 2 is 1.94 bits per heavy atom. The van der Waals surface area contributed by atoms with Gasteiger partial charge in [0.1, 0.15) is 12.2 Å². The molecule has 1 saturated heterocycles. The third-order valence-corrected chi connectivity index (χ3v) is 7.33. The lowest BCUT2D eigenvalue weighted by Crippen LogP contribution is -2.56. The van der Waals surface area contributed by atoms with Gasteiger partial charge in [0.15, 0.2) is 17.6 Å². The fourth-order valence-electron chi connectivity index (χ4n) is 5.43. The number of fused-ring (bicyclic) bond motifs is 1. The fourth-order valence-corrected chi connectivity index (χ4v) is 5.43. The van der Waals surface area contributed by atoms with Gasteiger partial charge >= 0.3 is 5.97 Å². The van der Waals surface area contributed by atoms with Crippen molar-refractivity contribution in [3.63, 3.8) is 0 Å². The van der Waals surface area contributed by atoms with Gasteiger partial charge in [0, 0.05) is 12.5 Å². The zero-order chi connectivity index (χ0) is 25.9. The zero-order valence-corrected chi connectivity index (χ0v) is 22.2. The molecule has 1 aromatic rings. The molecule has 0 unspecified atom stereocenters. The summed E-state index contributed by atoms with van der Waals surface area (Å²) in [5.41, 5.74) is 4.70. The fraction of sp³-hybridized carbons (Fsp3) is 0.679. The van der Waals surface area contributed by atoms with E-state index in [1.807, 2.05) is 6.92 Å². The number of rotatable bonds is 8. The van der Waals surface area contributed by atoms with Crippen molar-refractivity contribution in [2.75, 3.05) is 13.7 Å². The number of aliphatic hydroxyl groups is 2. The maximum atomic E-state index is 11.6. The van der Waals surface area contributed by atoms with Crippen molar-refractivity contribution in [2.45, 2.75) is 104 Å². The molecule has 0 spiro atoms. The van der Waals surface area contributed by atoms with Gasteiger partial charge in [0.25, 0.3) is 0 Å². The standard InChI is InChI=1S/C28H42O7/c1-15(2)9-8-10-16(3)20-12-11-17(4)23-21(20)13-18(5)25(26(23)32-7)35-28-27(34-19(6)29)24(31)22(30)14-33-28/h9,13,16-17,20,22,24,27-28,30-31H,8,10-12,14H2,1-7H3/t16-,17-,20+,22-,24+,27-,28+/m0/s1. The quantitative estimate of drug-likeness (QED) is 0.401. The van der Waals surface area contributed by atoms with Crippen LogP contribution in [0.15, 0.2) is 17.7 Å². The third-order valence-electron chi connectivity index (χ3n) is 7.33. The Kier molecular flexibility index (Phi) is 9.24. The number of aryl methyl sites for hydroxylation is 1. The Morgan fingerprint density at radius 1 is 1.23 bits per heavy atom. The van der Waals surface area contributed by atoms with E-state index in [1.165, 1.54) is 18.1 Å². The van der Waals surface area contributed by atoms with Crippen LogP contribution in [0.4, 0.5) is 0 Å². The van der Waals surface area contributed by atoms with Gasteiger partial charge in [-0.05, 0) is 75.3 Å². The van der Waals surface area contributed by atoms with Crippen LogP contribution in [0.25, 0.3) is 0 Å². The van der Waals surface area contributed by atoms with Gasteiger partial charge in [-0.2, -0.15) is 0 Å². The van der Waals surface area contributed by atoms with Gasteiger partial charge in [-0.25, -0.2) is 0 Å². The first-order chi connectivity index (χ1) is 16.5. The summed E-state index contributed by atoms with van der Waals surface area (Å²) >= 11 is 0. The molecule has 1 aliphatic heterocycles. The summed E-state index contributed by atoms with van der Waals surface area (Å²) in [7, 11) is 1.64. The van der Waals surface area contributed by atoms with E-state index >= 15 is 0 Å². The van der Waals surface area contributed by atoms with E-state index in [4.69, 9.17) is 18.9 Å². The highest BCUT2D eigenvalue weighted by Gasteiger charge is 2.44. The van der Waals surface area contributed by atoms with Crippen LogP contribution in [-0.2, 0) is 14.3 Å². The van der Waals surface area contributed by atoms with Crippen molar-refractivity contribution < 1.29 is 34.0 Å². The highest BCUT2D eigenvalue weighted by Crippen LogP contribution is 2.51. The van der Waals surface area contributed by atoms with Gasteiger partial charge in [-0.1, -0.05) is 31.6 Å². The van der Waals surface area contributed by atoms with Gasteiger partial charge in [0.2, 0.25) is 6.29 Å². The molecule has 0 saturated carbocycles. The van der Waals surface area contributed by atoms with Crippen LogP contribution in [0.3, 0.4) is 0 Å². The highest BCUT2D eigenvalue weighted by molar-refractivity contribution is 5.66. The predicted molar refractivity (Wildman–Crippen MR) is 134 cm³/mol. The molecule has 2 aliphatic rings. The average molecular weight is 491 g/mol. The Morgan fingerprint density at radius 3 is 2.57 bits per heavy atom. The van der Waals surface area contributed by atoms with Crippen LogP contribution in [0.5, 0.6) is 11.5 Å². The van der Waals surface area contributed by atoms with Gasteiger partial charge < -0.3 is 29.2 Å². The van der Waals surface area contributed by atoms with Gasteiger partial charge in [0.05, 0.1) is 13.7 Å². The molecule has 1 aromatic carbocycles. The van der Waals surface area contributed by atoms with E-state index in [1.54, 1.807) is 7.11 Å². The molecule has 0 bridgehead atoms. The van der Waals surface area contributed by atoms with Crippen LogP contribution in [-0.4, -0.2) is 54.5 Å². The lowest BCUT2D eigenvalue weighted by atomic mass is 9.70. The lowest BCUT2D eigenvalue weighted by Gasteiger charge is -2.39. The molecule has 7 atom stereocenters. The maximum absolute atomic E-state index is 11.6. The van der Waals surface area contributed by atoms with Crippen molar-refractivity contribution in [2.24, 2.45) is 5.92 Å². The lowest BCUT2D eigenvalue weighted by molar-refractivity contribution is -0.250. The number of hydrogen-bond donors (Lipinski definition) is 2. The second kappa shape index (κ2) is 11.8. The first-order valence-corrected chi connectivity index (χ1v) is 12.7. The Bertz CT molecular complexity index is 920. The summed E-state index contributed by atoms with van der Waals surface area (Å²) in [6.45, 7) is 11.9. The summed E-state index contributed by atoms with van der Waals surface area (Å²) in [6, 6.07) is 2.19. The van der Waals surface area contributed by atoms with E-state index in [0.717, 1.165) is 36.8 Å². The number of ether oxygens (including phenoxy) is 4. The minimum Gasteiger partial charge on any atom is -0.493 e. The normalized spacial score (nSPS) is 29.1. The second-order valence-corrected chi connectivity index (χ2v) is 10.4. The molecular weight excluding hydrogens is 448 g/mol. The van der Waals surface area contributed by atoms with Crippen LogP contribution >= 0.6 is 0 Å². The van der Waals surface area contributed by atoms with Crippen LogP contribution in [0.1, 0.15) is 88.8 Å². The van der Waals surface area contributed by atoms with Crippen LogP contribution in [0.2, 0.25) is 0 Å². The van der Waals surface area contributed by atoms with E-state index in [9.17, 15) is 15.0 Å². The molecule has 0 amide bonds. The minimum atomic E-state index is -1.31. The highest BCUT2D eigenvalue weighted by atomic mass is 16.7. The van der Waals surface area contributed by atoms with Crippen molar-refractivity contribution in [3.05, 3.63) is 34.4 Å². The summed E-state index contributed by atoms with van der Waals surface area (Å²) in [4.78, 5) is 11.6. The molecule has 3 rings (SSSR count). The summed E-state index contributed by atoms with van der Waals surface area (Å²) < 4.78 is 23.1. The summed E-state index contributed by atoms with van der Waals surface area (Å²) in [5, 5.41) is 20.5. The molecule has 2 N–H and O–H groups in total. The molecule has 1 fully saturated rings. The van der Waals surface area contributed by atoms with E-state index in [-0.39, 0.29) is 6.61 Å². The molecule has 1 heterocycles. The Labute approximate surface area is 209 Å². The van der Waals surface area contributed by atoms with E-state index in [0.29, 0.717) is 29.3 Å². The average Bonchev–Trinajstić information content (AvgIpc) is 2.78. The summed E-state index contributed by atoms with van der Waals surface area (Å²) in [5.74, 6) is 1.85. The number of carbonyl (C=O) groups is 1. The monoisotopic (exact) mass is 490 g/mol. The first kappa shape index (κ1) is 27.5. The number of aliphatic hydroxyl groups excluding tert-OH is 2. The van der Waals surface area contributed by atoms with E-state index < -0.39 is 30.6 Å². The smallest absolute Gasteiger partial charge is 0.303 e. The molecule has 35 heavy (non-hydrogen) atoms. The van der Waals surface area contributed by atoms with Gasteiger partial charge in [-0.3, -0.25) is 4.79 Å². The van der Waals surface area contributed by atoms with Crippen molar-refractivity contribution in [3.8, 4) is 11.5 Å². The predicted octanol–water partition coefficient (Wildman–Crippen LogP) is 4.76. The largest absolute Gasteiger partial charge is 0.493 e. The van der Waals surface area contributed by atoms with Crippen LogP contribution in [0, 0.1) is 12.8 Å². The number of methoxy groups -OCH3 is 1. The molecule has 1 aliphatic carbocycles. The number of carbonyl (C=O) groups excluding carboxylic acids is 1. The van der Waals surface area contributed by atoms with E-state index in [2.05, 4.69) is 39.8 Å².